The maximum atomic E-state index is 12.1. The lowest BCUT2D eigenvalue weighted by molar-refractivity contribution is -0.128. The van der Waals surface area contributed by atoms with Gasteiger partial charge in [-0.3, -0.25) is 52.7 Å². The average Bonchev–Trinajstić information content (AvgIpc) is 3.10. The van der Waals surface area contributed by atoms with E-state index in [1.165, 1.54) is 6.92 Å². The monoisotopic (exact) mass is 716 g/mol. The van der Waals surface area contributed by atoms with Crippen molar-refractivity contribution in [3.8, 4) is 0 Å². The summed E-state index contributed by atoms with van der Waals surface area (Å²) in [5.41, 5.74) is 0. The van der Waals surface area contributed by atoms with Crippen LogP contribution in [0.2, 0.25) is 0 Å². The molecular weight excluding hydrogens is 660 g/mol. The summed E-state index contributed by atoms with van der Waals surface area (Å²) in [7, 11) is 0. The average molecular weight is 717 g/mol. The zero-order chi connectivity index (χ0) is 38.6. The van der Waals surface area contributed by atoms with Gasteiger partial charge in [0.05, 0.1) is 0 Å². The molecule has 0 spiro atoms. The van der Waals surface area contributed by atoms with Gasteiger partial charge in [0.15, 0.2) is 0 Å². The van der Waals surface area contributed by atoms with Crippen LogP contribution < -0.4 is 0 Å². The van der Waals surface area contributed by atoms with Crippen LogP contribution in [-0.4, -0.2) is 69.4 Å². The molecule has 0 aliphatic rings. The van der Waals surface area contributed by atoms with E-state index in [0.29, 0.717) is 6.42 Å². The van der Waals surface area contributed by atoms with Crippen LogP contribution in [0.5, 0.6) is 0 Å². The fraction of sp³-hybridized carbons (Fsp3) is 0.692. The number of hydrogen-bond acceptors (Lipinski definition) is 12. The molecule has 0 aliphatic carbocycles. The summed E-state index contributed by atoms with van der Waals surface area (Å²) in [4.78, 5) is 143. The lowest BCUT2D eigenvalue weighted by Crippen LogP contribution is -2.11. The summed E-state index contributed by atoms with van der Waals surface area (Å²) in [6, 6.07) is 0. The molecule has 0 bridgehead atoms. The third kappa shape index (κ3) is 29.5. The highest BCUT2D eigenvalue weighted by atomic mass is 16.2. The minimum Gasteiger partial charge on any atom is -0.300 e. The summed E-state index contributed by atoms with van der Waals surface area (Å²) in [5, 5.41) is 0. The molecule has 0 aromatic heterocycles. The van der Waals surface area contributed by atoms with E-state index in [9.17, 15) is 57.5 Å². The van der Waals surface area contributed by atoms with E-state index >= 15 is 0 Å². The summed E-state index contributed by atoms with van der Waals surface area (Å²) < 4.78 is 0. The van der Waals surface area contributed by atoms with E-state index in [4.69, 9.17) is 0 Å². The second kappa shape index (κ2) is 28.7. The van der Waals surface area contributed by atoms with Crippen LogP contribution in [0.3, 0.4) is 0 Å². The minimum atomic E-state index is -0.292. The molecule has 0 unspecified atom stereocenters. The molecule has 12 nitrogen and oxygen atoms in total. The molecule has 0 N–H and O–H groups in total. The Balaban J connectivity index is 3.99. The topological polar surface area (TPSA) is 205 Å². The molecule has 0 amide bonds. The van der Waals surface area contributed by atoms with Crippen LogP contribution in [-0.2, 0) is 57.5 Å². The highest BCUT2D eigenvalue weighted by Gasteiger charge is 2.16. The van der Waals surface area contributed by atoms with Crippen LogP contribution in [0.15, 0.2) is 0 Å². The molecule has 0 saturated heterocycles. The van der Waals surface area contributed by atoms with E-state index in [1.54, 1.807) is 0 Å². The molecule has 0 aromatic carbocycles. The summed E-state index contributed by atoms with van der Waals surface area (Å²) in [6.07, 6.45) is 2.01. The predicted molar refractivity (Wildman–Crippen MR) is 187 cm³/mol. The maximum Gasteiger partial charge on any atom is 0.133 e. The van der Waals surface area contributed by atoms with Crippen LogP contribution >= 0.6 is 0 Å². The highest BCUT2D eigenvalue weighted by Crippen LogP contribution is 2.11. The summed E-state index contributed by atoms with van der Waals surface area (Å²) in [5.74, 6) is -2.55. The number of Topliss-reactive ketones (excluding diaryl/α,β-unsaturated/α-hetero) is 12. The molecule has 12 heteroatoms. The standard InChI is InChI=1S/C39H56O12/c1-3-4-5-29(41)8-9-31(43)12-13-33(45)16-17-35(47)20-21-37(49)24-25-39(51)27-26-38(50)23-22-36(48)19-18-34(46)15-14-32(44)11-10-30(42)7-6-28(2)40/h3-27H2,1-2H3. The molecule has 0 fully saturated rings. The highest BCUT2D eigenvalue weighted by molar-refractivity contribution is 5.94. The fourth-order valence-electron chi connectivity index (χ4n) is 4.85. The number of rotatable bonds is 36. The number of carbonyl (C=O) groups is 12. The van der Waals surface area contributed by atoms with Gasteiger partial charge in [-0.05, 0) is 13.3 Å². The van der Waals surface area contributed by atoms with E-state index in [1.807, 2.05) is 6.92 Å². The SMILES string of the molecule is CCCCC(=O)CCC(=O)CCC(=O)CCC(=O)CCC(=O)CCC(=O)CCC(=O)CCC(=O)CCC(=O)CCC(=O)CCC(=O)CCC(C)=O. The normalized spacial score (nSPS) is 10.7. The van der Waals surface area contributed by atoms with Gasteiger partial charge in [0.2, 0.25) is 0 Å². The van der Waals surface area contributed by atoms with Gasteiger partial charge in [-0.15, -0.1) is 0 Å². The lowest BCUT2D eigenvalue weighted by atomic mass is 9.99. The zero-order valence-electron chi connectivity index (χ0n) is 30.6. The number of hydrogen-bond donors (Lipinski definition) is 0. The van der Waals surface area contributed by atoms with E-state index in [0.717, 1.165) is 12.8 Å². The largest absolute Gasteiger partial charge is 0.300 e. The minimum absolute atomic E-state index is 0.00820. The van der Waals surface area contributed by atoms with Crippen molar-refractivity contribution in [2.45, 2.75) is 174 Å². The van der Waals surface area contributed by atoms with Crippen LogP contribution in [0.25, 0.3) is 0 Å². The van der Waals surface area contributed by atoms with Crippen molar-refractivity contribution in [3.05, 3.63) is 0 Å². The zero-order valence-corrected chi connectivity index (χ0v) is 30.6. The third-order valence-electron chi connectivity index (χ3n) is 8.39. The Labute approximate surface area is 301 Å². The lowest BCUT2D eigenvalue weighted by Gasteiger charge is -2.04. The van der Waals surface area contributed by atoms with Gasteiger partial charge in [-0.1, -0.05) is 13.3 Å². The van der Waals surface area contributed by atoms with E-state index in [2.05, 4.69) is 0 Å². The summed E-state index contributed by atoms with van der Waals surface area (Å²) >= 11 is 0. The Bertz CT molecular complexity index is 1270. The predicted octanol–water partition coefficient (Wildman–Crippen LogP) is 5.61. The molecule has 0 aromatic rings. The van der Waals surface area contributed by atoms with Crippen molar-refractivity contribution in [1.82, 2.24) is 0 Å². The van der Waals surface area contributed by atoms with Gasteiger partial charge in [-0.2, -0.15) is 0 Å². The van der Waals surface area contributed by atoms with Gasteiger partial charge in [0.25, 0.3) is 0 Å². The molecule has 0 saturated carbocycles. The summed E-state index contributed by atoms with van der Waals surface area (Å²) in [6.45, 7) is 3.36. The first-order valence-corrected chi connectivity index (χ1v) is 18.3. The van der Waals surface area contributed by atoms with Crippen molar-refractivity contribution >= 4 is 69.4 Å². The Hall–Kier alpha value is -3.96. The van der Waals surface area contributed by atoms with E-state index in [-0.39, 0.29) is 211 Å². The second-order valence-electron chi connectivity index (χ2n) is 13.2. The van der Waals surface area contributed by atoms with Crippen LogP contribution in [0, 0.1) is 0 Å². The quantitative estimate of drug-likeness (QED) is 0.0776. The van der Waals surface area contributed by atoms with Crippen molar-refractivity contribution in [1.29, 1.82) is 0 Å². The first-order chi connectivity index (χ1) is 24.1. The van der Waals surface area contributed by atoms with Crippen LogP contribution in [0.4, 0.5) is 0 Å². The van der Waals surface area contributed by atoms with Crippen molar-refractivity contribution in [2.75, 3.05) is 0 Å². The van der Waals surface area contributed by atoms with Crippen LogP contribution in [0.1, 0.15) is 174 Å². The molecule has 0 heterocycles. The molecule has 51 heavy (non-hydrogen) atoms. The smallest absolute Gasteiger partial charge is 0.133 e. The Morgan fingerprint density at radius 3 is 0.510 bits per heavy atom. The third-order valence-corrected chi connectivity index (χ3v) is 8.39. The Morgan fingerprint density at radius 1 is 0.235 bits per heavy atom. The first kappa shape index (κ1) is 47.0. The van der Waals surface area contributed by atoms with Gasteiger partial charge >= 0.3 is 0 Å². The second-order valence-corrected chi connectivity index (χ2v) is 13.2. The number of ketones is 12. The maximum absolute atomic E-state index is 12.1. The number of unbranched alkanes of at least 4 members (excludes halogenated alkanes) is 1. The van der Waals surface area contributed by atoms with Gasteiger partial charge < -0.3 is 4.79 Å². The molecular formula is C39H56O12. The first-order valence-electron chi connectivity index (χ1n) is 18.3. The van der Waals surface area contributed by atoms with Crippen molar-refractivity contribution in [3.63, 3.8) is 0 Å². The van der Waals surface area contributed by atoms with Crippen molar-refractivity contribution < 1.29 is 57.5 Å². The molecule has 0 atom stereocenters. The Kier molecular flexibility index (Phi) is 26.5. The fourth-order valence-corrected chi connectivity index (χ4v) is 4.85. The number of carbonyl (C=O) groups excluding carboxylic acids is 12. The molecule has 0 rings (SSSR count). The Morgan fingerprint density at radius 2 is 0.373 bits per heavy atom. The molecule has 0 radical (unpaired) electrons. The van der Waals surface area contributed by atoms with E-state index < -0.39 is 0 Å². The van der Waals surface area contributed by atoms with Gasteiger partial charge in [0.1, 0.15) is 69.4 Å². The van der Waals surface area contributed by atoms with Gasteiger partial charge in [-0.25, -0.2) is 0 Å². The van der Waals surface area contributed by atoms with Crippen molar-refractivity contribution in [2.24, 2.45) is 0 Å². The molecule has 0 aliphatic heterocycles. The van der Waals surface area contributed by atoms with Gasteiger partial charge in [0, 0.05) is 148 Å². The molecule has 284 valence electrons.